The van der Waals surface area contributed by atoms with Gasteiger partial charge in [-0.3, -0.25) is 0 Å². The maximum atomic E-state index is 5.80. The predicted molar refractivity (Wildman–Crippen MR) is 63.4 cm³/mol. The van der Waals surface area contributed by atoms with E-state index < -0.39 is 0 Å². The van der Waals surface area contributed by atoms with Gasteiger partial charge in [-0.05, 0) is 32.2 Å². The van der Waals surface area contributed by atoms with E-state index in [2.05, 4.69) is 10.1 Å². The third-order valence-electron chi connectivity index (χ3n) is 3.45. The molecule has 1 aliphatic carbocycles. The first kappa shape index (κ1) is 12.5. The molecule has 1 heterocycles. The van der Waals surface area contributed by atoms with Crippen molar-refractivity contribution >= 4 is 0 Å². The number of rotatable bonds is 5. The van der Waals surface area contributed by atoms with Crippen LogP contribution < -0.4 is 5.73 Å². The van der Waals surface area contributed by atoms with Crippen molar-refractivity contribution in [2.24, 2.45) is 11.7 Å². The number of ether oxygens (including phenoxy) is 1. The lowest BCUT2D eigenvalue weighted by Crippen LogP contribution is -2.25. The van der Waals surface area contributed by atoms with Crippen LogP contribution >= 0.6 is 0 Å². The standard InChI is InChI=1S/C12H21N3O2/c1-2-16-8-11-14-12(17-15-11)10-6-4-3-5-9(10)7-13/h9-10H,2-8,13H2,1H3. The van der Waals surface area contributed by atoms with E-state index in [1.165, 1.54) is 19.3 Å². The Morgan fingerprint density at radius 1 is 1.41 bits per heavy atom. The average molecular weight is 239 g/mol. The van der Waals surface area contributed by atoms with Crippen LogP contribution in [0.25, 0.3) is 0 Å². The summed E-state index contributed by atoms with van der Waals surface area (Å²) in [7, 11) is 0. The van der Waals surface area contributed by atoms with E-state index in [0.717, 1.165) is 12.3 Å². The zero-order valence-corrected chi connectivity index (χ0v) is 10.4. The number of hydrogen-bond acceptors (Lipinski definition) is 5. The second kappa shape index (κ2) is 6.12. The summed E-state index contributed by atoms with van der Waals surface area (Å²) in [4.78, 5) is 4.41. The van der Waals surface area contributed by atoms with Crippen molar-refractivity contribution in [3.63, 3.8) is 0 Å². The van der Waals surface area contributed by atoms with Crippen molar-refractivity contribution in [2.75, 3.05) is 13.2 Å². The van der Waals surface area contributed by atoms with Crippen LogP contribution in [-0.4, -0.2) is 23.3 Å². The fraction of sp³-hybridized carbons (Fsp3) is 0.833. The van der Waals surface area contributed by atoms with Crippen molar-refractivity contribution < 1.29 is 9.26 Å². The molecule has 2 atom stereocenters. The van der Waals surface area contributed by atoms with E-state index in [0.29, 0.717) is 37.4 Å². The number of hydrogen-bond donors (Lipinski definition) is 1. The molecule has 0 aliphatic heterocycles. The maximum Gasteiger partial charge on any atom is 0.230 e. The Balaban J connectivity index is 2.02. The van der Waals surface area contributed by atoms with Crippen molar-refractivity contribution in [1.82, 2.24) is 10.1 Å². The molecule has 1 aliphatic rings. The van der Waals surface area contributed by atoms with E-state index in [9.17, 15) is 0 Å². The number of nitrogens with two attached hydrogens (primary N) is 1. The highest BCUT2D eigenvalue weighted by atomic mass is 16.5. The van der Waals surface area contributed by atoms with Gasteiger partial charge in [0.15, 0.2) is 5.82 Å². The van der Waals surface area contributed by atoms with Crippen molar-refractivity contribution in [3.8, 4) is 0 Å². The fourth-order valence-electron chi connectivity index (χ4n) is 2.48. The molecule has 96 valence electrons. The summed E-state index contributed by atoms with van der Waals surface area (Å²) in [5.74, 6) is 2.22. The van der Waals surface area contributed by atoms with Crippen LogP contribution in [0.3, 0.4) is 0 Å². The zero-order valence-electron chi connectivity index (χ0n) is 10.4. The minimum atomic E-state index is 0.344. The largest absolute Gasteiger partial charge is 0.374 e. The summed E-state index contributed by atoms with van der Waals surface area (Å²) in [6.07, 6.45) is 4.77. The maximum absolute atomic E-state index is 5.80. The van der Waals surface area contributed by atoms with Gasteiger partial charge in [-0.15, -0.1) is 0 Å². The van der Waals surface area contributed by atoms with Gasteiger partial charge in [0.25, 0.3) is 0 Å². The van der Waals surface area contributed by atoms with Crippen LogP contribution in [0.2, 0.25) is 0 Å². The molecule has 1 fully saturated rings. The molecule has 0 radical (unpaired) electrons. The summed E-state index contributed by atoms with van der Waals surface area (Å²) in [5, 5.41) is 3.95. The summed E-state index contributed by atoms with van der Waals surface area (Å²) in [6, 6.07) is 0. The highest BCUT2D eigenvalue weighted by molar-refractivity contribution is 4.98. The van der Waals surface area contributed by atoms with Crippen LogP contribution in [-0.2, 0) is 11.3 Å². The molecule has 1 saturated carbocycles. The first-order valence-electron chi connectivity index (χ1n) is 6.45. The first-order chi connectivity index (χ1) is 8.35. The molecule has 5 nitrogen and oxygen atoms in total. The van der Waals surface area contributed by atoms with Gasteiger partial charge in [0.1, 0.15) is 6.61 Å². The molecule has 5 heteroatoms. The second-order valence-corrected chi connectivity index (χ2v) is 4.57. The quantitative estimate of drug-likeness (QED) is 0.848. The average Bonchev–Trinajstić information content (AvgIpc) is 2.85. The first-order valence-corrected chi connectivity index (χ1v) is 6.45. The van der Waals surface area contributed by atoms with E-state index in [1.807, 2.05) is 6.92 Å². The Hall–Kier alpha value is -0.940. The number of aromatic nitrogens is 2. The Labute approximate surface area is 102 Å². The summed E-state index contributed by atoms with van der Waals surface area (Å²) >= 11 is 0. The van der Waals surface area contributed by atoms with Crippen LogP contribution in [0.5, 0.6) is 0 Å². The SMILES string of the molecule is CCOCc1noc(C2CCCCC2CN)n1. The van der Waals surface area contributed by atoms with Crippen LogP contribution in [0.15, 0.2) is 4.52 Å². The Bertz CT molecular complexity index is 340. The summed E-state index contributed by atoms with van der Waals surface area (Å²) in [6.45, 7) is 3.75. The minimum Gasteiger partial charge on any atom is -0.374 e. The van der Waals surface area contributed by atoms with E-state index in [4.69, 9.17) is 15.0 Å². The van der Waals surface area contributed by atoms with E-state index in [1.54, 1.807) is 0 Å². The molecule has 0 spiro atoms. The molecular weight excluding hydrogens is 218 g/mol. The topological polar surface area (TPSA) is 74.2 Å². The van der Waals surface area contributed by atoms with Crippen molar-refractivity contribution in [3.05, 3.63) is 11.7 Å². The third-order valence-corrected chi connectivity index (χ3v) is 3.45. The lowest BCUT2D eigenvalue weighted by Gasteiger charge is -2.27. The van der Waals surface area contributed by atoms with Gasteiger partial charge < -0.3 is 15.0 Å². The third kappa shape index (κ3) is 3.04. The molecule has 17 heavy (non-hydrogen) atoms. The van der Waals surface area contributed by atoms with Gasteiger partial charge >= 0.3 is 0 Å². The predicted octanol–water partition coefficient (Wildman–Crippen LogP) is 1.84. The van der Waals surface area contributed by atoms with Crippen molar-refractivity contribution in [1.29, 1.82) is 0 Å². The molecule has 0 aromatic carbocycles. The smallest absolute Gasteiger partial charge is 0.230 e. The molecule has 2 rings (SSSR count). The van der Waals surface area contributed by atoms with Gasteiger partial charge in [-0.1, -0.05) is 18.0 Å². The normalized spacial score (nSPS) is 25.1. The highest BCUT2D eigenvalue weighted by Crippen LogP contribution is 2.36. The molecule has 2 N–H and O–H groups in total. The Morgan fingerprint density at radius 3 is 3.00 bits per heavy atom. The van der Waals surface area contributed by atoms with E-state index >= 15 is 0 Å². The van der Waals surface area contributed by atoms with Gasteiger partial charge in [-0.25, -0.2) is 0 Å². The Morgan fingerprint density at radius 2 is 2.24 bits per heavy atom. The van der Waals surface area contributed by atoms with Gasteiger partial charge in [-0.2, -0.15) is 4.98 Å². The van der Waals surface area contributed by atoms with E-state index in [-0.39, 0.29) is 0 Å². The Kier molecular flexibility index (Phi) is 4.50. The minimum absolute atomic E-state index is 0.344. The number of nitrogens with zero attached hydrogens (tertiary/aromatic N) is 2. The van der Waals surface area contributed by atoms with Crippen LogP contribution in [0.4, 0.5) is 0 Å². The zero-order chi connectivity index (χ0) is 12.1. The molecule has 1 aromatic rings. The van der Waals surface area contributed by atoms with Gasteiger partial charge in [0.05, 0.1) is 0 Å². The molecule has 1 aromatic heterocycles. The molecular formula is C12H21N3O2. The van der Waals surface area contributed by atoms with Crippen molar-refractivity contribution in [2.45, 2.75) is 45.1 Å². The molecule has 0 saturated heterocycles. The lowest BCUT2D eigenvalue weighted by molar-refractivity contribution is 0.126. The van der Waals surface area contributed by atoms with Gasteiger partial charge in [0.2, 0.25) is 5.89 Å². The fourth-order valence-corrected chi connectivity index (χ4v) is 2.48. The summed E-state index contributed by atoms with van der Waals surface area (Å²) < 4.78 is 10.6. The van der Waals surface area contributed by atoms with Gasteiger partial charge in [0, 0.05) is 12.5 Å². The second-order valence-electron chi connectivity index (χ2n) is 4.57. The summed E-state index contributed by atoms with van der Waals surface area (Å²) in [5.41, 5.74) is 5.80. The lowest BCUT2D eigenvalue weighted by atomic mass is 9.79. The molecule has 0 amide bonds. The molecule has 2 unspecified atom stereocenters. The van der Waals surface area contributed by atoms with Crippen LogP contribution in [0.1, 0.15) is 50.2 Å². The van der Waals surface area contributed by atoms with Crippen LogP contribution in [0, 0.1) is 5.92 Å². The molecule has 0 bridgehead atoms. The monoisotopic (exact) mass is 239 g/mol. The highest BCUT2D eigenvalue weighted by Gasteiger charge is 2.29.